The Morgan fingerprint density at radius 1 is 0.267 bits per heavy atom. The highest BCUT2D eigenvalue weighted by atomic mass is 31.2. The Hall–Kier alpha value is -1.94. The summed E-state index contributed by atoms with van der Waals surface area (Å²) >= 11 is 0. The summed E-state index contributed by atoms with van der Waals surface area (Å²) in [5, 5.41) is 10.6. The maximum atomic E-state index is 13.1. The normalized spacial score (nSPS) is 13.9. The smallest absolute Gasteiger partial charge is 0.462 e. The molecule has 0 aliphatic rings. The largest absolute Gasteiger partial charge is 0.472 e. The summed E-state index contributed by atoms with van der Waals surface area (Å²) in [4.78, 5) is 73.0. The summed E-state index contributed by atoms with van der Waals surface area (Å²) in [5.41, 5.74) is 0. The van der Waals surface area contributed by atoms with Crippen molar-refractivity contribution in [3.05, 3.63) is 0 Å². The number of rotatable bonds is 81. The zero-order valence-corrected chi connectivity index (χ0v) is 68.0. The molecule has 0 rings (SSSR count). The van der Waals surface area contributed by atoms with Crippen molar-refractivity contribution in [1.82, 2.24) is 0 Å². The molecule has 0 fully saturated rings. The number of aliphatic hydroxyl groups is 1. The van der Waals surface area contributed by atoms with E-state index in [4.69, 9.17) is 37.0 Å². The Balaban J connectivity index is 5.19. The maximum Gasteiger partial charge on any atom is 0.472 e. The van der Waals surface area contributed by atoms with Crippen molar-refractivity contribution < 1.29 is 80.2 Å². The fourth-order valence-corrected chi connectivity index (χ4v) is 14.3. The molecule has 0 aromatic rings. The molecule has 600 valence electrons. The van der Waals surface area contributed by atoms with E-state index in [2.05, 4.69) is 41.5 Å². The molecule has 0 bridgehead atoms. The van der Waals surface area contributed by atoms with Gasteiger partial charge in [-0.2, -0.15) is 0 Å². The van der Waals surface area contributed by atoms with E-state index in [0.29, 0.717) is 31.6 Å². The monoisotopic (exact) mass is 1480 g/mol. The lowest BCUT2D eigenvalue weighted by atomic mass is 10.0. The van der Waals surface area contributed by atoms with Crippen LogP contribution in [0.2, 0.25) is 0 Å². The highest BCUT2D eigenvalue weighted by Crippen LogP contribution is 2.45. The van der Waals surface area contributed by atoms with Gasteiger partial charge in [-0.3, -0.25) is 37.3 Å². The average molecular weight is 1480 g/mol. The van der Waals surface area contributed by atoms with E-state index >= 15 is 0 Å². The zero-order valence-electron chi connectivity index (χ0n) is 66.2. The van der Waals surface area contributed by atoms with Gasteiger partial charge in [-0.1, -0.05) is 382 Å². The molecular formula is C82H160O17P2. The third-order valence-electron chi connectivity index (χ3n) is 19.2. The van der Waals surface area contributed by atoms with E-state index in [1.807, 2.05) is 0 Å². The van der Waals surface area contributed by atoms with Gasteiger partial charge < -0.3 is 33.8 Å². The Labute approximate surface area is 619 Å². The van der Waals surface area contributed by atoms with E-state index in [1.165, 1.54) is 244 Å². The molecule has 0 aromatic heterocycles. The Kier molecular flexibility index (Phi) is 72.2. The third-order valence-corrected chi connectivity index (χ3v) is 21.1. The van der Waals surface area contributed by atoms with Crippen LogP contribution >= 0.6 is 15.6 Å². The minimum absolute atomic E-state index is 0.105. The van der Waals surface area contributed by atoms with Crippen LogP contribution in [0.3, 0.4) is 0 Å². The number of phosphoric ester groups is 2. The van der Waals surface area contributed by atoms with E-state index in [9.17, 15) is 43.2 Å². The molecule has 0 aromatic carbocycles. The molecule has 0 aliphatic heterocycles. The van der Waals surface area contributed by atoms with Crippen LogP contribution in [0, 0.1) is 11.8 Å². The van der Waals surface area contributed by atoms with Crippen molar-refractivity contribution in [2.75, 3.05) is 39.6 Å². The predicted molar refractivity (Wildman–Crippen MR) is 414 cm³/mol. The summed E-state index contributed by atoms with van der Waals surface area (Å²) < 4.78 is 68.7. The highest BCUT2D eigenvalue weighted by molar-refractivity contribution is 7.47. The number of carbonyl (C=O) groups excluding carboxylic acids is 4. The van der Waals surface area contributed by atoms with Crippen molar-refractivity contribution in [3.63, 3.8) is 0 Å². The fourth-order valence-electron chi connectivity index (χ4n) is 12.7. The summed E-state index contributed by atoms with van der Waals surface area (Å²) in [6, 6.07) is 0. The van der Waals surface area contributed by atoms with Gasteiger partial charge in [-0.05, 0) is 37.5 Å². The summed E-state index contributed by atoms with van der Waals surface area (Å²) in [6.07, 6.45) is 64.3. The van der Waals surface area contributed by atoms with Crippen LogP contribution in [-0.4, -0.2) is 96.7 Å². The molecule has 101 heavy (non-hydrogen) atoms. The van der Waals surface area contributed by atoms with Gasteiger partial charge >= 0.3 is 39.5 Å². The van der Waals surface area contributed by atoms with Gasteiger partial charge in [0, 0.05) is 25.7 Å². The summed E-state index contributed by atoms with van der Waals surface area (Å²) in [5.74, 6) is -0.697. The van der Waals surface area contributed by atoms with E-state index in [1.54, 1.807) is 0 Å². The molecule has 17 nitrogen and oxygen atoms in total. The first-order chi connectivity index (χ1) is 48.9. The predicted octanol–water partition coefficient (Wildman–Crippen LogP) is 24.7. The summed E-state index contributed by atoms with van der Waals surface area (Å²) in [6.45, 7) is 9.52. The Bertz CT molecular complexity index is 1940. The number of hydrogen-bond acceptors (Lipinski definition) is 15. The number of esters is 4. The Morgan fingerprint density at radius 3 is 0.673 bits per heavy atom. The van der Waals surface area contributed by atoms with Crippen LogP contribution in [0.4, 0.5) is 0 Å². The molecule has 3 N–H and O–H groups in total. The summed E-state index contributed by atoms with van der Waals surface area (Å²) in [7, 11) is -9.92. The van der Waals surface area contributed by atoms with Gasteiger partial charge in [0.25, 0.3) is 0 Å². The molecule has 0 saturated heterocycles. The standard InChI is InChI=1S/C82H160O17P2/c1-7-9-11-13-15-17-19-21-23-25-27-29-31-33-35-37-41-45-52-58-64-79(84)92-70-77(98-81(86)66-60-54-46-42-38-36-34-32-30-28-26-24-22-20-18-16-14-12-10-8-2)72-96-100(88,89)94-68-76(83)69-95-101(90,91)97-73-78(71-93-80(85)65-59-53-49-48-51-57-63-75(5)6)99-82(87)67-61-55-47-43-39-40-44-50-56-62-74(3)4/h74-78,83H,7-73H2,1-6H3,(H,88,89)(H,90,91)/t76-,77-,78-/m1/s1. The van der Waals surface area contributed by atoms with Crippen LogP contribution in [0.1, 0.15) is 433 Å². The third kappa shape index (κ3) is 76.1. The quantitative estimate of drug-likeness (QED) is 0.0222. The van der Waals surface area contributed by atoms with Crippen LogP contribution in [0.25, 0.3) is 0 Å². The zero-order chi connectivity index (χ0) is 74.2. The van der Waals surface area contributed by atoms with Crippen molar-refractivity contribution >= 4 is 39.5 Å². The van der Waals surface area contributed by atoms with Crippen LogP contribution in [-0.2, 0) is 65.4 Å². The molecule has 0 amide bonds. The first-order valence-corrected chi connectivity index (χ1v) is 45.5. The van der Waals surface area contributed by atoms with E-state index in [0.717, 1.165) is 102 Å². The fraction of sp³-hybridized carbons (Fsp3) is 0.951. The lowest BCUT2D eigenvalue weighted by Gasteiger charge is -2.21. The topological polar surface area (TPSA) is 237 Å². The van der Waals surface area contributed by atoms with Crippen molar-refractivity contribution in [2.24, 2.45) is 11.8 Å². The lowest BCUT2D eigenvalue weighted by Crippen LogP contribution is -2.30. The number of carbonyl (C=O) groups is 4. The molecule has 2 unspecified atom stereocenters. The average Bonchev–Trinajstić information content (AvgIpc) is 0.921. The number of hydrogen-bond donors (Lipinski definition) is 3. The van der Waals surface area contributed by atoms with Crippen LogP contribution in [0.5, 0.6) is 0 Å². The van der Waals surface area contributed by atoms with Crippen molar-refractivity contribution in [1.29, 1.82) is 0 Å². The minimum Gasteiger partial charge on any atom is -0.462 e. The molecule has 0 spiro atoms. The molecule has 0 heterocycles. The number of unbranched alkanes of at least 4 members (excludes halogenated alkanes) is 51. The molecule has 0 aliphatic carbocycles. The second-order valence-corrected chi connectivity index (χ2v) is 33.4. The molecule has 0 saturated carbocycles. The second kappa shape index (κ2) is 73.6. The van der Waals surface area contributed by atoms with Gasteiger partial charge in [0.15, 0.2) is 12.2 Å². The highest BCUT2D eigenvalue weighted by Gasteiger charge is 2.30. The molecular weight excluding hydrogens is 1320 g/mol. The number of aliphatic hydroxyl groups excluding tert-OH is 1. The van der Waals surface area contributed by atoms with Crippen molar-refractivity contribution in [2.45, 2.75) is 452 Å². The van der Waals surface area contributed by atoms with Gasteiger partial charge in [0.1, 0.15) is 19.3 Å². The number of ether oxygens (including phenoxy) is 4. The van der Waals surface area contributed by atoms with Gasteiger partial charge in [-0.15, -0.1) is 0 Å². The van der Waals surface area contributed by atoms with Gasteiger partial charge in [-0.25, -0.2) is 9.13 Å². The van der Waals surface area contributed by atoms with Crippen molar-refractivity contribution in [3.8, 4) is 0 Å². The minimum atomic E-state index is -4.96. The van der Waals surface area contributed by atoms with Gasteiger partial charge in [0.05, 0.1) is 26.4 Å². The van der Waals surface area contributed by atoms with E-state index < -0.39 is 97.5 Å². The first kappa shape index (κ1) is 99.1. The van der Waals surface area contributed by atoms with Crippen LogP contribution in [0.15, 0.2) is 0 Å². The van der Waals surface area contributed by atoms with E-state index in [-0.39, 0.29) is 25.7 Å². The second-order valence-electron chi connectivity index (χ2n) is 30.5. The molecule has 19 heteroatoms. The first-order valence-electron chi connectivity index (χ1n) is 42.5. The van der Waals surface area contributed by atoms with Crippen LogP contribution < -0.4 is 0 Å². The maximum absolute atomic E-state index is 13.1. The van der Waals surface area contributed by atoms with Gasteiger partial charge in [0.2, 0.25) is 0 Å². The lowest BCUT2D eigenvalue weighted by molar-refractivity contribution is -0.161. The molecule has 5 atom stereocenters. The Morgan fingerprint density at radius 2 is 0.455 bits per heavy atom. The molecule has 0 radical (unpaired) electrons. The SMILES string of the molecule is CCCCCCCCCCCCCCCCCCCCCCC(=O)OC[C@H](COP(=O)(O)OC[C@@H](O)COP(=O)(O)OC[C@@H](COC(=O)CCCCCCCCC(C)C)OC(=O)CCCCCCCCCCCC(C)C)OC(=O)CCCCCCCCCCCCCCCCCCCCCC. The number of phosphoric acid groups is 2.